The minimum atomic E-state index is -0.567. The molecule has 0 atom stereocenters. The predicted molar refractivity (Wildman–Crippen MR) is 117 cm³/mol. The van der Waals surface area contributed by atoms with E-state index in [2.05, 4.69) is 47.4 Å². The van der Waals surface area contributed by atoms with Gasteiger partial charge in [-0.3, -0.25) is 4.79 Å². The highest BCUT2D eigenvalue weighted by Gasteiger charge is 2.04. The van der Waals surface area contributed by atoms with E-state index in [1.54, 1.807) is 18.2 Å². The molecule has 0 N–H and O–H groups in total. The maximum atomic E-state index is 11.6. The molecule has 0 saturated heterocycles. The van der Waals surface area contributed by atoms with E-state index in [0.717, 1.165) is 11.1 Å². The summed E-state index contributed by atoms with van der Waals surface area (Å²) in [6, 6.07) is 24.2. The number of hydrogen-bond donors (Lipinski definition) is 0. The first-order valence-corrected chi connectivity index (χ1v) is 9.07. The molecule has 134 valence electrons. The molecule has 3 rings (SSSR count). The molecule has 0 heterocycles. The number of hydrogen-bond acceptors (Lipinski definition) is 1. The molecular weight excluding hydrogens is 376 g/mol. The van der Waals surface area contributed by atoms with E-state index in [1.807, 2.05) is 60.7 Å². The topological polar surface area (TPSA) is 17.1 Å². The van der Waals surface area contributed by atoms with Gasteiger partial charge in [-0.2, -0.15) is 0 Å². The maximum Gasteiger partial charge on any atom is 0.252 e. The molecule has 3 aromatic carbocycles. The van der Waals surface area contributed by atoms with Gasteiger partial charge in [0.2, 0.25) is 0 Å². The van der Waals surface area contributed by atoms with E-state index in [-0.39, 0.29) is 0 Å². The summed E-state index contributed by atoms with van der Waals surface area (Å²) >= 11 is 5.64. The van der Waals surface area contributed by atoms with E-state index in [1.165, 1.54) is 0 Å². The third kappa shape index (κ3) is 6.51. The van der Waals surface area contributed by atoms with Gasteiger partial charge in [0.1, 0.15) is 0 Å². The van der Waals surface area contributed by atoms with Crippen molar-refractivity contribution in [1.29, 1.82) is 0 Å². The van der Waals surface area contributed by atoms with Gasteiger partial charge in [-0.25, -0.2) is 0 Å². The first-order valence-electron chi connectivity index (χ1n) is 8.70. The molecule has 3 aromatic rings. The van der Waals surface area contributed by atoms with Crippen LogP contribution in [0.15, 0.2) is 78.9 Å². The predicted octanol–water partition coefficient (Wildman–Crippen LogP) is 4.87. The van der Waals surface area contributed by atoms with E-state index < -0.39 is 5.24 Å². The summed E-state index contributed by atoms with van der Waals surface area (Å²) in [6.45, 7) is 0. The van der Waals surface area contributed by atoms with Crippen LogP contribution in [0.25, 0.3) is 0 Å². The summed E-state index contributed by atoms with van der Waals surface area (Å²) in [5.74, 6) is 23.0. The molecule has 2 heteroatoms. The Morgan fingerprint density at radius 1 is 0.552 bits per heavy atom. The van der Waals surface area contributed by atoms with Crippen molar-refractivity contribution < 1.29 is 4.79 Å². The van der Waals surface area contributed by atoms with Gasteiger partial charge in [-0.05, 0) is 77.7 Å². The highest BCUT2D eigenvalue weighted by molar-refractivity contribution is 6.67. The van der Waals surface area contributed by atoms with Crippen LogP contribution in [0, 0.1) is 47.4 Å². The van der Waals surface area contributed by atoms with Gasteiger partial charge in [-0.1, -0.05) is 60.1 Å². The lowest BCUT2D eigenvalue weighted by atomic mass is 10.1. The Labute approximate surface area is 175 Å². The van der Waals surface area contributed by atoms with Crippen molar-refractivity contribution in [2.24, 2.45) is 0 Å². The van der Waals surface area contributed by atoms with Crippen LogP contribution >= 0.6 is 11.6 Å². The zero-order valence-electron chi connectivity index (χ0n) is 15.3. The fourth-order valence-electron chi connectivity index (χ4n) is 2.34. The van der Waals surface area contributed by atoms with Gasteiger partial charge in [0.15, 0.2) is 0 Å². The molecule has 0 aliphatic heterocycles. The second-order valence-electron chi connectivity index (χ2n) is 5.80. The Balaban J connectivity index is 1.84. The Morgan fingerprint density at radius 2 is 0.931 bits per heavy atom. The number of halogens is 1. The van der Waals surface area contributed by atoms with Gasteiger partial charge >= 0.3 is 0 Å². The number of carbonyl (C=O) groups excluding carboxylic acids is 1. The quantitative estimate of drug-likeness (QED) is 0.429. The SMILES string of the molecule is O=C(Cl)c1cc(C#CC#Cc2ccccc2)cc(C#CC#Cc2ccccc2)c1. The van der Waals surface area contributed by atoms with E-state index in [0.29, 0.717) is 16.7 Å². The second-order valence-corrected chi connectivity index (χ2v) is 6.15. The zero-order valence-corrected chi connectivity index (χ0v) is 16.0. The molecule has 0 saturated carbocycles. The molecule has 0 spiro atoms. The first-order chi connectivity index (χ1) is 14.2. The lowest BCUT2D eigenvalue weighted by Crippen LogP contribution is -1.92. The van der Waals surface area contributed by atoms with Crippen LogP contribution < -0.4 is 0 Å². The summed E-state index contributed by atoms with van der Waals surface area (Å²) < 4.78 is 0. The van der Waals surface area contributed by atoms with Crippen LogP contribution in [0.3, 0.4) is 0 Å². The minimum absolute atomic E-state index is 0.329. The van der Waals surface area contributed by atoms with E-state index in [9.17, 15) is 4.79 Å². The lowest BCUT2D eigenvalue weighted by Gasteiger charge is -1.98. The average Bonchev–Trinajstić information content (AvgIpc) is 2.76. The van der Waals surface area contributed by atoms with Crippen LogP contribution in [0.4, 0.5) is 0 Å². The van der Waals surface area contributed by atoms with Crippen LogP contribution in [-0.2, 0) is 0 Å². The molecule has 29 heavy (non-hydrogen) atoms. The summed E-state index contributed by atoms with van der Waals surface area (Å²) in [4.78, 5) is 11.6. The smallest absolute Gasteiger partial charge is 0.252 e. The van der Waals surface area contributed by atoms with Gasteiger partial charge in [0.05, 0.1) is 0 Å². The Morgan fingerprint density at radius 3 is 1.31 bits per heavy atom. The largest absolute Gasteiger partial charge is 0.276 e. The van der Waals surface area contributed by atoms with Crippen molar-refractivity contribution >= 4 is 16.8 Å². The molecule has 0 aliphatic carbocycles. The second kappa shape index (κ2) is 10.3. The molecule has 0 aromatic heterocycles. The third-order valence-electron chi connectivity index (χ3n) is 3.66. The van der Waals surface area contributed by atoms with E-state index in [4.69, 9.17) is 11.6 Å². The van der Waals surface area contributed by atoms with Crippen LogP contribution in [0.1, 0.15) is 32.6 Å². The number of benzene rings is 3. The van der Waals surface area contributed by atoms with Gasteiger partial charge in [-0.15, -0.1) is 0 Å². The van der Waals surface area contributed by atoms with Gasteiger partial charge in [0.25, 0.3) is 5.24 Å². The summed E-state index contributed by atoms with van der Waals surface area (Å²) in [7, 11) is 0. The zero-order chi connectivity index (χ0) is 20.3. The molecule has 0 radical (unpaired) electrons. The maximum absolute atomic E-state index is 11.6. The molecule has 0 bridgehead atoms. The van der Waals surface area contributed by atoms with Crippen LogP contribution in [0.5, 0.6) is 0 Å². The molecule has 0 amide bonds. The Bertz CT molecular complexity index is 1180. The lowest BCUT2D eigenvalue weighted by molar-refractivity contribution is 0.108. The van der Waals surface area contributed by atoms with Crippen molar-refractivity contribution in [3.8, 4) is 47.4 Å². The highest BCUT2D eigenvalue weighted by atomic mass is 35.5. The third-order valence-corrected chi connectivity index (χ3v) is 3.88. The van der Waals surface area contributed by atoms with Gasteiger partial charge < -0.3 is 0 Å². The van der Waals surface area contributed by atoms with Crippen molar-refractivity contribution in [3.05, 3.63) is 107 Å². The minimum Gasteiger partial charge on any atom is -0.276 e. The monoisotopic (exact) mass is 388 g/mol. The molecule has 0 aliphatic rings. The molecule has 0 unspecified atom stereocenters. The first kappa shape index (κ1) is 19.6. The van der Waals surface area contributed by atoms with Crippen LogP contribution in [0.2, 0.25) is 0 Å². The number of rotatable bonds is 1. The Hall–Kier alpha value is -4.14. The number of carbonyl (C=O) groups is 1. The van der Waals surface area contributed by atoms with Crippen LogP contribution in [-0.4, -0.2) is 5.24 Å². The fraction of sp³-hybridized carbons (Fsp3) is 0. The fourth-order valence-corrected chi connectivity index (χ4v) is 2.45. The van der Waals surface area contributed by atoms with Crippen molar-refractivity contribution in [2.75, 3.05) is 0 Å². The van der Waals surface area contributed by atoms with Crippen molar-refractivity contribution in [2.45, 2.75) is 0 Å². The Kier molecular flexibility index (Phi) is 6.94. The summed E-state index contributed by atoms with van der Waals surface area (Å²) in [5.41, 5.74) is 3.32. The molecule has 1 nitrogen and oxygen atoms in total. The van der Waals surface area contributed by atoms with Gasteiger partial charge in [0, 0.05) is 27.8 Å². The normalized spacial score (nSPS) is 8.59. The summed E-state index contributed by atoms with van der Waals surface area (Å²) in [5, 5.41) is -0.567. The van der Waals surface area contributed by atoms with E-state index >= 15 is 0 Å². The molecule has 0 fully saturated rings. The molecular formula is C27H13ClO. The van der Waals surface area contributed by atoms with Crippen molar-refractivity contribution in [1.82, 2.24) is 0 Å². The van der Waals surface area contributed by atoms with Crippen molar-refractivity contribution in [3.63, 3.8) is 0 Å². The highest BCUT2D eigenvalue weighted by Crippen LogP contribution is 2.11. The standard InChI is InChI=1S/C27H13ClO/c28-27(29)26-20-24(17-9-7-15-22-11-3-1-4-12-22)19-25(21-26)18-10-8-16-23-13-5-2-6-14-23/h1-6,11-14,19-21H. The average molecular weight is 389 g/mol. The summed E-state index contributed by atoms with van der Waals surface area (Å²) in [6.07, 6.45) is 0.